The second-order valence-electron chi connectivity index (χ2n) is 3.61. The second-order valence-corrected chi connectivity index (χ2v) is 3.61. The van der Waals surface area contributed by atoms with Crippen molar-refractivity contribution in [2.24, 2.45) is 0 Å². The number of hydrogen-bond donors (Lipinski definition) is 0. The molecule has 1 aromatic carbocycles. The Bertz CT molecular complexity index is 615. The van der Waals surface area contributed by atoms with Crippen LogP contribution >= 0.6 is 0 Å². The molecule has 2 aromatic rings. The molecule has 96 valence electrons. The van der Waals surface area contributed by atoms with Crippen LogP contribution in [0.1, 0.15) is 5.56 Å². The largest absolute Gasteiger partial charge is 0.573 e. The average molecular weight is 264 g/mol. The van der Waals surface area contributed by atoms with Crippen LogP contribution in [-0.2, 0) is 0 Å². The fourth-order valence-electron chi connectivity index (χ4n) is 1.49. The summed E-state index contributed by atoms with van der Waals surface area (Å²) in [5, 5.41) is 8.76. The average Bonchev–Trinajstić information content (AvgIpc) is 2.38. The third kappa shape index (κ3) is 3.45. The van der Waals surface area contributed by atoms with Gasteiger partial charge in [-0.1, -0.05) is 0 Å². The second kappa shape index (κ2) is 4.98. The number of rotatable bonds is 2. The highest BCUT2D eigenvalue weighted by atomic mass is 19.4. The summed E-state index contributed by atoms with van der Waals surface area (Å²) in [5.41, 5.74) is 1.55. The monoisotopic (exact) mass is 264 g/mol. The molecule has 6 heteroatoms. The molecule has 0 unspecified atom stereocenters. The predicted octanol–water partition coefficient (Wildman–Crippen LogP) is 3.52. The number of pyridine rings is 1. The quantitative estimate of drug-likeness (QED) is 0.833. The summed E-state index contributed by atoms with van der Waals surface area (Å²) in [7, 11) is 0. The van der Waals surface area contributed by atoms with E-state index in [0.29, 0.717) is 16.8 Å². The number of hydrogen-bond acceptors (Lipinski definition) is 3. The van der Waals surface area contributed by atoms with E-state index in [-0.39, 0.29) is 5.75 Å². The van der Waals surface area contributed by atoms with Gasteiger partial charge in [0, 0.05) is 11.8 Å². The fourth-order valence-corrected chi connectivity index (χ4v) is 1.49. The van der Waals surface area contributed by atoms with Gasteiger partial charge in [-0.15, -0.1) is 13.2 Å². The van der Waals surface area contributed by atoms with Gasteiger partial charge in [-0.2, -0.15) is 5.26 Å². The van der Waals surface area contributed by atoms with Crippen LogP contribution in [0.2, 0.25) is 0 Å². The Morgan fingerprint density at radius 2 is 1.79 bits per heavy atom. The Labute approximate surface area is 106 Å². The number of halogens is 3. The maximum Gasteiger partial charge on any atom is 0.573 e. The highest BCUT2D eigenvalue weighted by molar-refractivity contribution is 5.61. The van der Waals surface area contributed by atoms with Crippen molar-refractivity contribution in [1.29, 1.82) is 5.26 Å². The molecule has 2 rings (SSSR count). The summed E-state index contributed by atoms with van der Waals surface area (Å²) < 4.78 is 39.7. The predicted molar refractivity (Wildman–Crippen MR) is 61.1 cm³/mol. The molecule has 0 aliphatic heterocycles. The number of aromatic nitrogens is 1. The Balaban J connectivity index is 2.25. The van der Waals surface area contributed by atoms with Gasteiger partial charge in [0.1, 0.15) is 5.75 Å². The summed E-state index contributed by atoms with van der Waals surface area (Å²) in [5.74, 6) is -0.298. The molecule has 0 atom stereocenters. The summed E-state index contributed by atoms with van der Waals surface area (Å²) in [6.07, 6.45) is -3.24. The highest BCUT2D eigenvalue weighted by Crippen LogP contribution is 2.25. The van der Waals surface area contributed by atoms with E-state index in [1.54, 1.807) is 12.1 Å². The van der Waals surface area contributed by atoms with Crippen molar-refractivity contribution in [1.82, 2.24) is 4.98 Å². The Kier molecular flexibility index (Phi) is 3.38. The highest BCUT2D eigenvalue weighted by Gasteiger charge is 2.30. The van der Waals surface area contributed by atoms with Crippen molar-refractivity contribution in [3.63, 3.8) is 0 Å². The molecular formula is C13H7F3N2O. The molecule has 1 aromatic heterocycles. The van der Waals surface area contributed by atoms with E-state index in [0.717, 1.165) is 0 Å². The molecule has 0 amide bonds. The van der Waals surface area contributed by atoms with Crippen LogP contribution in [0.3, 0.4) is 0 Å². The van der Waals surface area contributed by atoms with Crippen molar-refractivity contribution in [3.8, 4) is 23.1 Å². The molecule has 0 radical (unpaired) electrons. The number of benzene rings is 1. The van der Waals surface area contributed by atoms with Crippen LogP contribution in [-0.4, -0.2) is 11.3 Å². The van der Waals surface area contributed by atoms with Crippen molar-refractivity contribution in [3.05, 3.63) is 48.2 Å². The van der Waals surface area contributed by atoms with E-state index in [9.17, 15) is 13.2 Å². The lowest BCUT2D eigenvalue weighted by atomic mass is 10.1. The van der Waals surface area contributed by atoms with E-state index in [1.807, 2.05) is 6.07 Å². The molecule has 0 fully saturated rings. The van der Waals surface area contributed by atoms with Crippen molar-refractivity contribution < 1.29 is 17.9 Å². The zero-order valence-corrected chi connectivity index (χ0v) is 9.48. The van der Waals surface area contributed by atoms with Crippen molar-refractivity contribution >= 4 is 0 Å². The third-order valence-electron chi connectivity index (χ3n) is 2.27. The minimum Gasteiger partial charge on any atom is -0.406 e. The smallest absolute Gasteiger partial charge is 0.406 e. The number of nitriles is 1. The third-order valence-corrected chi connectivity index (χ3v) is 2.27. The molecule has 3 nitrogen and oxygen atoms in total. The molecule has 0 aliphatic rings. The topological polar surface area (TPSA) is 45.9 Å². The lowest BCUT2D eigenvalue weighted by Crippen LogP contribution is -2.16. The normalized spacial score (nSPS) is 10.8. The van der Waals surface area contributed by atoms with E-state index < -0.39 is 6.36 Å². The van der Waals surface area contributed by atoms with E-state index >= 15 is 0 Å². The van der Waals surface area contributed by atoms with Gasteiger partial charge in [-0.25, -0.2) is 0 Å². The summed E-state index contributed by atoms with van der Waals surface area (Å²) >= 11 is 0. The van der Waals surface area contributed by atoms with Crippen molar-refractivity contribution in [2.75, 3.05) is 0 Å². The molecule has 0 saturated heterocycles. The fraction of sp³-hybridized carbons (Fsp3) is 0.0769. The molecular weight excluding hydrogens is 257 g/mol. The minimum atomic E-state index is -4.71. The maximum atomic E-state index is 12.0. The van der Waals surface area contributed by atoms with Crippen LogP contribution in [0.5, 0.6) is 5.75 Å². The molecule has 0 aliphatic carbocycles. The molecule has 1 heterocycles. The molecule has 0 saturated carbocycles. The van der Waals surface area contributed by atoms with Gasteiger partial charge in [0.2, 0.25) is 0 Å². The Morgan fingerprint density at radius 3 is 2.37 bits per heavy atom. The lowest BCUT2D eigenvalue weighted by molar-refractivity contribution is -0.274. The Morgan fingerprint density at radius 1 is 1.11 bits per heavy atom. The zero-order valence-electron chi connectivity index (χ0n) is 9.48. The first-order chi connectivity index (χ1) is 8.98. The van der Waals surface area contributed by atoms with Gasteiger partial charge in [0.25, 0.3) is 0 Å². The first kappa shape index (κ1) is 12.9. The van der Waals surface area contributed by atoms with Crippen molar-refractivity contribution in [2.45, 2.75) is 6.36 Å². The van der Waals surface area contributed by atoms with Crippen LogP contribution in [0.15, 0.2) is 42.6 Å². The number of ether oxygens (including phenoxy) is 1. The van der Waals surface area contributed by atoms with E-state index in [4.69, 9.17) is 5.26 Å². The van der Waals surface area contributed by atoms with E-state index in [1.165, 1.54) is 30.5 Å². The van der Waals surface area contributed by atoms with Gasteiger partial charge in [-0.05, 0) is 36.4 Å². The standard InChI is InChI=1S/C13H7F3N2O/c14-13(15,16)19-11-3-1-10(2-4-11)12-7-9(8-17)5-6-18-12/h1-7H. The SMILES string of the molecule is N#Cc1ccnc(-c2ccc(OC(F)(F)F)cc2)c1. The molecule has 19 heavy (non-hydrogen) atoms. The van der Waals surface area contributed by atoms with Gasteiger partial charge in [-0.3, -0.25) is 4.98 Å². The van der Waals surface area contributed by atoms with Gasteiger partial charge >= 0.3 is 6.36 Å². The summed E-state index contributed by atoms with van der Waals surface area (Å²) in [6.45, 7) is 0. The molecule has 0 bridgehead atoms. The Hall–Kier alpha value is -2.55. The van der Waals surface area contributed by atoms with Crippen LogP contribution in [0.25, 0.3) is 11.3 Å². The number of nitrogens with zero attached hydrogens (tertiary/aromatic N) is 2. The van der Waals surface area contributed by atoms with Gasteiger partial charge in [0.15, 0.2) is 0 Å². The molecule has 0 spiro atoms. The van der Waals surface area contributed by atoms with Gasteiger partial charge in [0.05, 0.1) is 17.3 Å². The van der Waals surface area contributed by atoms with Crippen LogP contribution < -0.4 is 4.74 Å². The first-order valence-electron chi connectivity index (χ1n) is 5.20. The maximum absolute atomic E-state index is 12.0. The summed E-state index contributed by atoms with van der Waals surface area (Å²) in [4.78, 5) is 4.05. The first-order valence-corrected chi connectivity index (χ1v) is 5.20. The minimum absolute atomic E-state index is 0.298. The number of alkyl halides is 3. The molecule has 0 N–H and O–H groups in total. The van der Waals surface area contributed by atoms with E-state index in [2.05, 4.69) is 9.72 Å². The van der Waals surface area contributed by atoms with Gasteiger partial charge < -0.3 is 4.74 Å². The van der Waals surface area contributed by atoms with Crippen LogP contribution in [0.4, 0.5) is 13.2 Å². The van der Waals surface area contributed by atoms with Crippen LogP contribution in [0, 0.1) is 11.3 Å². The lowest BCUT2D eigenvalue weighted by Gasteiger charge is -2.09. The zero-order chi connectivity index (χ0) is 13.9. The summed E-state index contributed by atoms with van der Waals surface area (Å²) in [6, 6.07) is 10.4.